The van der Waals surface area contributed by atoms with E-state index in [1.54, 1.807) is 0 Å². The van der Waals surface area contributed by atoms with Crippen molar-refractivity contribution in [1.82, 2.24) is 15.0 Å². The highest BCUT2D eigenvalue weighted by Gasteiger charge is 2.20. The molecule has 5 heteroatoms. The average Bonchev–Trinajstić information content (AvgIpc) is 3.67. The molecular formula is C39H23N3O2. The Bertz CT molecular complexity index is 2440. The van der Waals surface area contributed by atoms with Gasteiger partial charge in [0.15, 0.2) is 17.5 Å². The van der Waals surface area contributed by atoms with Crippen LogP contribution in [0.3, 0.4) is 0 Å². The number of para-hydroxylation sites is 1. The minimum Gasteiger partial charge on any atom is -0.456 e. The highest BCUT2D eigenvalue weighted by Crippen LogP contribution is 2.42. The van der Waals surface area contributed by atoms with Crippen LogP contribution >= 0.6 is 0 Å². The van der Waals surface area contributed by atoms with Gasteiger partial charge in [-0.25, -0.2) is 15.0 Å². The van der Waals surface area contributed by atoms with Crippen LogP contribution in [0.5, 0.6) is 0 Å². The molecule has 0 amide bonds. The van der Waals surface area contributed by atoms with Crippen molar-refractivity contribution in [2.75, 3.05) is 0 Å². The van der Waals surface area contributed by atoms with E-state index < -0.39 is 0 Å². The smallest absolute Gasteiger partial charge is 0.164 e. The highest BCUT2D eigenvalue weighted by molar-refractivity contribution is 6.18. The Labute approximate surface area is 252 Å². The SMILES string of the molecule is c1ccc(-c2nc(-c3ccccc3)nc(-c3cccc4oc5cccc(-c6ccc7c(c6)oc6ccccc67)c5c34)n2)cc1. The second-order valence-electron chi connectivity index (χ2n) is 10.8. The number of fused-ring (bicyclic) bond motifs is 6. The molecule has 0 fully saturated rings. The van der Waals surface area contributed by atoms with E-state index in [0.29, 0.717) is 17.5 Å². The van der Waals surface area contributed by atoms with Gasteiger partial charge in [-0.2, -0.15) is 0 Å². The van der Waals surface area contributed by atoms with E-state index >= 15 is 0 Å². The summed E-state index contributed by atoms with van der Waals surface area (Å²) in [6.07, 6.45) is 0. The molecule has 0 saturated heterocycles. The number of aromatic nitrogens is 3. The molecule has 0 saturated carbocycles. The van der Waals surface area contributed by atoms with Crippen molar-refractivity contribution in [1.29, 1.82) is 0 Å². The van der Waals surface area contributed by atoms with Gasteiger partial charge in [0.2, 0.25) is 0 Å². The van der Waals surface area contributed by atoms with Crippen molar-refractivity contribution in [2.24, 2.45) is 0 Å². The molecule has 0 atom stereocenters. The number of furan rings is 2. The summed E-state index contributed by atoms with van der Waals surface area (Å²) in [5, 5.41) is 4.19. The molecule has 206 valence electrons. The van der Waals surface area contributed by atoms with Crippen LogP contribution < -0.4 is 0 Å². The largest absolute Gasteiger partial charge is 0.456 e. The maximum atomic E-state index is 6.45. The molecule has 0 bridgehead atoms. The van der Waals surface area contributed by atoms with Gasteiger partial charge in [-0.05, 0) is 41.5 Å². The van der Waals surface area contributed by atoms with Crippen LogP contribution in [0.4, 0.5) is 0 Å². The van der Waals surface area contributed by atoms with E-state index in [-0.39, 0.29) is 0 Å². The van der Waals surface area contributed by atoms with Gasteiger partial charge in [-0.3, -0.25) is 0 Å². The summed E-state index contributed by atoms with van der Waals surface area (Å²) in [7, 11) is 0. The van der Waals surface area contributed by atoms with Crippen LogP contribution in [0.2, 0.25) is 0 Å². The maximum absolute atomic E-state index is 6.45. The lowest BCUT2D eigenvalue weighted by Crippen LogP contribution is -2.00. The highest BCUT2D eigenvalue weighted by atomic mass is 16.3. The van der Waals surface area contributed by atoms with E-state index in [1.165, 1.54) is 0 Å². The monoisotopic (exact) mass is 565 g/mol. The Morgan fingerprint density at radius 3 is 1.57 bits per heavy atom. The predicted molar refractivity (Wildman–Crippen MR) is 176 cm³/mol. The Morgan fingerprint density at radius 2 is 0.864 bits per heavy atom. The second-order valence-corrected chi connectivity index (χ2v) is 10.8. The molecule has 3 heterocycles. The molecule has 0 spiro atoms. The van der Waals surface area contributed by atoms with Crippen LogP contribution in [-0.2, 0) is 0 Å². The van der Waals surface area contributed by atoms with Gasteiger partial charge in [-0.15, -0.1) is 0 Å². The number of hydrogen-bond acceptors (Lipinski definition) is 5. The third kappa shape index (κ3) is 3.91. The zero-order valence-electron chi connectivity index (χ0n) is 23.4. The number of hydrogen-bond donors (Lipinski definition) is 0. The van der Waals surface area contributed by atoms with Crippen molar-refractivity contribution >= 4 is 43.9 Å². The molecule has 3 aromatic heterocycles. The number of nitrogens with zero attached hydrogens (tertiary/aromatic N) is 3. The fourth-order valence-corrected chi connectivity index (χ4v) is 6.12. The average molecular weight is 566 g/mol. The molecule has 0 unspecified atom stereocenters. The van der Waals surface area contributed by atoms with Crippen molar-refractivity contribution in [3.8, 4) is 45.3 Å². The first kappa shape index (κ1) is 24.5. The number of benzene rings is 6. The third-order valence-corrected chi connectivity index (χ3v) is 8.15. The molecule has 44 heavy (non-hydrogen) atoms. The van der Waals surface area contributed by atoms with E-state index in [0.717, 1.165) is 71.7 Å². The van der Waals surface area contributed by atoms with Gasteiger partial charge < -0.3 is 8.83 Å². The molecule has 9 rings (SSSR count). The van der Waals surface area contributed by atoms with Crippen molar-refractivity contribution < 1.29 is 8.83 Å². The first-order valence-corrected chi connectivity index (χ1v) is 14.5. The Morgan fingerprint density at radius 1 is 0.341 bits per heavy atom. The Hall–Kier alpha value is -6.07. The van der Waals surface area contributed by atoms with Crippen molar-refractivity contribution in [3.05, 3.63) is 140 Å². The van der Waals surface area contributed by atoms with Gasteiger partial charge >= 0.3 is 0 Å². The van der Waals surface area contributed by atoms with Crippen LogP contribution in [0.1, 0.15) is 0 Å². The summed E-state index contributed by atoms with van der Waals surface area (Å²) < 4.78 is 12.7. The molecule has 6 aromatic carbocycles. The quantitative estimate of drug-likeness (QED) is 0.212. The lowest BCUT2D eigenvalue weighted by atomic mass is 9.96. The summed E-state index contributed by atoms with van der Waals surface area (Å²) >= 11 is 0. The molecule has 0 aliphatic heterocycles. The Kier molecular flexibility index (Phi) is 5.43. The van der Waals surface area contributed by atoms with Crippen LogP contribution in [0.25, 0.3) is 89.2 Å². The standard InChI is InChI=1S/C39H23N3O2/c1-3-11-24(12-4-1)37-40-38(25-13-5-2-6-14-25)42-39(41-37)30-17-10-20-33-36(30)35-27(16-9-19-32(35)44-33)26-21-22-29-28-15-7-8-18-31(28)43-34(29)23-26/h1-23H. The van der Waals surface area contributed by atoms with E-state index in [4.69, 9.17) is 23.8 Å². The normalized spacial score (nSPS) is 11.6. The third-order valence-electron chi connectivity index (χ3n) is 8.15. The molecule has 0 aliphatic rings. The van der Waals surface area contributed by atoms with E-state index in [1.807, 2.05) is 103 Å². The molecule has 0 N–H and O–H groups in total. The molecule has 9 aromatic rings. The first-order valence-electron chi connectivity index (χ1n) is 14.5. The van der Waals surface area contributed by atoms with Gasteiger partial charge in [-0.1, -0.05) is 109 Å². The fraction of sp³-hybridized carbons (Fsp3) is 0. The summed E-state index contributed by atoms with van der Waals surface area (Å²) in [5.74, 6) is 1.83. The van der Waals surface area contributed by atoms with Crippen LogP contribution in [-0.4, -0.2) is 15.0 Å². The summed E-state index contributed by atoms with van der Waals surface area (Å²) in [5.41, 5.74) is 8.15. The molecule has 0 aliphatic carbocycles. The van der Waals surface area contributed by atoms with E-state index in [2.05, 4.69) is 36.4 Å². The van der Waals surface area contributed by atoms with Gasteiger partial charge in [0.25, 0.3) is 0 Å². The minimum absolute atomic E-state index is 0.591. The molecule has 0 radical (unpaired) electrons. The van der Waals surface area contributed by atoms with Crippen LogP contribution in [0, 0.1) is 0 Å². The number of rotatable bonds is 4. The molecule has 5 nitrogen and oxygen atoms in total. The van der Waals surface area contributed by atoms with Crippen LogP contribution in [0.15, 0.2) is 148 Å². The molecular weight excluding hydrogens is 542 g/mol. The summed E-state index contributed by atoms with van der Waals surface area (Å²) in [6.45, 7) is 0. The van der Waals surface area contributed by atoms with Gasteiger partial charge in [0.1, 0.15) is 22.3 Å². The Balaban J connectivity index is 1.30. The lowest BCUT2D eigenvalue weighted by Gasteiger charge is -2.10. The second kappa shape index (κ2) is 9.75. The fourth-order valence-electron chi connectivity index (χ4n) is 6.12. The summed E-state index contributed by atoms with van der Waals surface area (Å²) in [6, 6.07) is 46.9. The lowest BCUT2D eigenvalue weighted by molar-refractivity contribution is 0.668. The minimum atomic E-state index is 0.591. The van der Waals surface area contributed by atoms with Crippen molar-refractivity contribution in [2.45, 2.75) is 0 Å². The summed E-state index contributed by atoms with van der Waals surface area (Å²) in [4.78, 5) is 14.9. The van der Waals surface area contributed by atoms with Gasteiger partial charge in [0.05, 0.1) is 0 Å². The van der Waals surface area contributed by atoms with Crippen molar-refractivity contribution in [3.63, 3.8) is 0 Å². The zero-order valence-corrected chi connectivity index (χ0v) is 23.4. The topological polar surface area (TPSA) is 65.0 Å². The van der Waals surface area contributed by atoms with E-state index in [9.17, 15) is 0 Å². The predicted octanol–water partition coefficient (Wildman–Crippen LogP) is 10.3. The first-order chi connectivity index (χ1) is 21.8. The maximum Gasteiger partial charge on any atom is 0.164 e. The zero-order chi connectivity index (χ0) is 29.0. The van der Waals surface area contributed by atoms with Gasteiger partial charge in [0, 0.05) is 38.2 Å².